The van der Waals surface area contributed by atoms with Crippen LogP contribution >= 0.6 is 15.9 Å². The SMILES string of the molecule is CCc1ccc(C2=NC(c3ccc(OC)c(OC)c3)NC(c3cc(Br)ccc3O)C2)cc1. The van der Waals surface area contributed by atoms with Gasteiger partial charge in [-0.2, -0.15) is 0 Å². The fourth-order valence-electron chi connectivity index (χ4n) is 4.01. The number of nitrogens with one attached hydrogen (secondary N) is 1. The van der Waals surface area contributed by atoms with E-state index >= 15 is 0 Å². The summed E-state index contributed by atoms with van der Waals surface area (Å²) in [6.07, 6.45) is 1.36. The topological polar surface area (TPSA) is 63.1 Å². The zero-order valence-corrected chi connectivity index (χ0v) is 20.0. The predicted molar refractivity (Wildman–Crippen MR) is 131 cm³/mol. The van der Waals surface area contributed by atoms with Gasteiger partial charge in [0.2, 0.25) is 0 Å². The Morgan fingerprint density at radius 2 is 1.75 bits per heavy atom. The third-order valence-corrected chi connectivity index (χ3v) is 6.32. The Labute approximate surface area is 197 Å². The van der Waals surface area contributed by atoms with Crippen LogP contribution in [0.2, 0.25) is 0 Å². The molecule has 1 heterocycles. The van der Waals surface area contributed by atoms with E-state index in [2.05, 4.69) is 52.4 Å². The van der Waals surface area contributed by atoms with Crippen molar-refractivity contribution in [3.8, 4) is 17.2 Å². The van der Waals surface area contributed by atoms with Crippen molar-refractivity contribution in [1.29, 1.82) is 0 Å². The van der Waals surface area contributed by atoms with Gasteiger partial charge in [0.05, 0.1) is 14.2 Å². The van der Waals surface area contributed by atoms with Gasteiger partial charge in [0.25, 0.3) is 0 Å². The van der Waals surface area contributed by atoms with Crippen molar-refractivity contribution in [2.45, 2.75) is 32.0 Å². The van der Waals surface area contributed by atoms with E-state index in [9.17, 15) is 5.11 Å². The Morgan fingerprint density at radius 1 is 1.00 bits per heavy atom. The molecule has 0 radical (unpaired) electrons. The molecule has 32 heavy (non-hydrogen) atoms. The Bertz CT molecular complexity index is 1130. The number of aryl methyl sites for hydroxylation is 1. The highest BCUT2D eigenvalue weighted by atomic mass is 79.9. The molecule has 0 aromatic heterocycles. The average Bonchev–Trinajstić information content (AvgIpc) is 2.84. The van der Waals surface area contributed by atoms with Crippen molar-refractivity contribution in [1.82, 2.24) is 5.32 Å². The van der Waals surface area contributed by atoms with Gasteiger partial charge in [-0.1, -0.05) is 53.2 Å². The maximum Gasteiger partial charge on any atom is 0.161 e. The van der Waals surface area contributed by atoms with E-state index in [-0.39, 0.29) is 18.0 Å². The first-order chi connectivity index (χ1) is 15.5. The highest BCUT2D eigenvalue weighted by Crippen LogP contribution is 2.37. The van der Waals surface area contributed by atoms with Gasteiger partial charge in [-0.15, -0.1) is 0 Å². The number of hydrogen-bond donors (Lipinski definition) is 2. The molecule has 2 unspecified atom stereocenters. The molecule has 0 fully saturated rings. The highest BCUT2D eigenvalue weighted by Gasteiger charge is 2.28. The van der Waals surface area contributed by atoms with Crippen LogP contribution in [0.5, 0.6) is 17.2 Å². The Kier molecular flexibility index (Phi) is 6.82. The van der Waals surface area contributed by atoms with Crippen molar-refractivity contribution in [2.24, 2.45) is 4.99 Å². The lowest BCUT2D eigenvalue weighted by atomic mass is 9.93. The fourth-order valence-corrected chi connectivity index (χ4v) is 4.39. The lowest BCUT2D eigenvalue weighted by molar-refractivity contribution is 0.353. The molecule has 0 bridgehead atoms. The lowest BCUT2D eigenvalue weighted by Gasteiger charge is -2.31. The summed E-state index contributed by atoms with van der Waals surface area (Å²) >= 11 is 3.53. The van der Waals surface area contributed by atoms with Crippen LogP contribution in [0, 0.1) is 0 Å². The molecule has 0 amide bonds. The minimum Gasteiger partial charge on any atom is -0.508 e. The first-order valence-corrected chi connectivity index (χ1v) is 11.4. The van der Waals surface area contributed by atoms with Gasteiger partial charge < -0.3 is 14.6 Å². The molecule has 6 heteroatoms. The molecule has 166 valence electrons. The van der Waals surface area contributed by atoms with Gasteiger partial charge in [-0.25, -0.2) is 0 Å². The number of benzene rings is 3. The molecule has 2 atom stereocenters. The second-order valence-electron chi connectivity index (χ2n) is 7.77. The molecule has 4 rings (SSSR count). The number of phenols is 1. The normalized spacial score (nSPS) is 18.2. The zero-order chi connectivity index (χ0) is 22.7. The first kappa shape index (κ1) is 22.4. The molecule has 0 spiro atoms. The summed E-state index contributed by atoms with van der Waals surface area (Å²) in [6, 6.07) is 19.8. The maximum absolute atomic E-state index is 10.6. The summed E-state index contributed by atoms with van der Waals surface area (Å²) in [5.41, 5.74) is 5.18. The Morgan fingerprint density at radius 3 is 2.44 bits per heavy atom. The second kappa shape index (κ2) is 9.76. The third-order valence-electron chi connectivity index (χ3n) is 5.83. The average molecular weight is 495 g/mol. The van der Waals surface area contributed by atoms with Crippen LogP contribution in [0.15, 0.2) is 70.1 Å². The quantitative estimate of drug-likeness (QED) is 0.443. The van der Waals surface area contributed by atoms with Crippen molar-refractivity contribution >= 4 is 21.6 Å². The predicted octanol–water partition coefficient (Wildman–Crippen LogP) is 5.96. The summed E-state index contributed by atoms with van der Waals surface area (Å²) < 4.78 is 11.8. The van der Waals surface area contributed by atoms with Crippen molar-refractivity contribution in [2.75, 3.05) is 14.2 Å². The summed E-state index contributed by atoms with van der Waals surface area (Å²) in [4.78, 5) is 5.05. The molecule has 2 N–H and O–H groups in total. The van der Waals surface area contributed by atoms with Crippen molar-refractivity contribution < 1.29 is 14.6 Å². The lowest BCUT2D eigenvalue weighted by Crippen LogP contribution is -2.33. The summed E-state index contributed by atoms with van der Waals surface area (Å²) in [7, 11) is 3.25. The van der Waals surface area contributed by atoms with E-state index in [4.69, 9.17) is 14.5 Å². The fraction of sp³-hybridized carbons (Fsp3) is 0.269. The van der Waals surface area contributed by atoms with Crippen LogP contribution in [0.3, 0.4) is 0 Å². The maximum atomic E-state index is 10.6. The van der Waals surface area contributed by atoms with Gasteiger partial charge in [0, 0.05) is 28.2 Å². The minimum atomic E-state index is -0.298. The second-order valence-corrected chi connectivity index (χ2v) is 8.69. The number of halogens is 1. The smallest absolute Gasteiger partial charge is 0.161 e. The molecule has 0 aliphatic carbocycles. The van der Waals surface area contributed by atoms with Crippen LogP contribution in [0.25, 0.3) is 0 Å². The molecule has 1 aliphatic rings. The summed E-state index contributed by atoms with van der Waals surface area (Å²) in [6.45, 7) is 2.15. The highest BCUT2D eigenvalue weighted by molar-refractivity contribution is 9.10. The van der Waals surface area contributed by atoms with Crippen molar-refractivity contribution in [3.63, 3.8) is 0 Å². The van der Waals surface area contributed by atoms with Crippen LogP contribution in [-0.2, 0) is 6.42 Å². The molecule has 0 saturated heterocycles. The van der Waals surface area contributed by atoms with Crippen LogP contribution in [0.4, 0.5) is 0 Å². The number of rotatable bonds is 6. The van der Waals surface area contributed by atoms with Gasteiger partial charge in [-0.05, 0) is 53.4 Å². The van der Waals surface area contributed by atoms with Crippen molar-refractivity contribution in [3.05, 3.63) is 87.4 Å². The van der Waals surface area contributed by atoms with E-state index in [1.165, 1.54) is 5.56 Å². The first-order valence-electron chi connectivity index (χ1n) is 10.6. The standard InChI is InChI=1S/C26H27BrN2O3/c1-4-16-5-7-17(8-6-16)21-15-22(20-14-19(27)10-11-23(20)30)29-26(28-21)18-9-12-24(31-2)25(13-18)32-3/h5-14,22,26,29-30H,4,15H2,1-3H3. The molecular formula is C26H27BrN2O3. The van der Waals surface area contributed by atoms with Gasteiger partial charge in [-0.3, -0.25) is 10.3 Å². The van der Waals surface area contributed by atoms with E-state index < -0.39 is 0 Å². The van der Waals surface area contributed by atoms with E-state index in [1.807, 2.05) is 30.3 Å². The Balaban J connectivity index is 1.77. The van der Waals surface area contributed by atoms with Gasteiger partial charge >= 0.3 is 0 Å². The molecule has 3 aromatic rings. The largest absolute Gasteiger partial charge is 0.508 e. The molecule has 0 saturated carbocycles. The molecule has 5 nitrogen and oxygen atoms in total. The number of phenolic OH excluding ortho intramolecular Hbond substituents is 1. The van der Waals surface area contributed by atoms with Crippen LogP contribution < -0.4 is 14.8 Å². The monoisotopic (exact) mass is 494 g/mol. The van der Waals surface area contributed by atoms with E-state index in [1.54, 1.807) is 20.3 Å². The number of hydrogen-bond acceptors (Lipinski definition) is 5. The molecule has 3 aromatic carbocycles. The van der Waals surface area contributed by atoms with Gasteiger partial charge in [0.15, 0.2) is 11.5 Å². The van der Waals surface area contributed by atoms with E-state index in [0.717, 1.165) is 33.3 Å². The zero-order valence-electron chi connectivity index (χ0n) is 18.4. The number of aliphatic imine (C=N–C) groups is 1. The Hall–Kier alpha value is -2.83. The number of nitrogens with zero attached hydrogens (tertiary/aromatic N) is 1. The molecular weight excluding hydrogens is 468 g/mol. The minimum absolute atomic E-state index is 0.107. The number of aromatic hydroxyl groups is 1. The third kappa shape index (κ3) is 4.66. The number of methoxy groups -OCH3 is 2. The number of ether oxygens (including phenoxy) is 2. The summed E-state index contributed by atoms with van der Waals surface area (Å²) in [5, 5.41) is 14.2. The van der Waals surface area contributed by atoms with Crippen LogP contribution in [0.1, 0.15) is 47.8 Å². The summed E-state index contributed by atoms with van der Waals surface area (Å²) in [5.74, 6) is 1.59. The van der Waals surface area contributed by atoms with Gasteiger partial charge in [0.1, 0.15) is 11.9 Å². The van der Waals surface area contributed by atoms with E-state index in [0.29, 0.717) is 17.9 Å². The van der Waals surface area contributed by atoms with Crippen LogP contribution in [-0.4, -0.2) is 25.0 Å². The molecule has 1 aliphatic heterocycles.